The lowest BCUT2D eigenvalue weighted by Gasteiger charge is -2.42. The van der Waals surface area contributed by atoms with Gasteiger partial charge in [-0.1, -0.05) is 82.4 Å². The molecule has 12 heteroatoms. The average Bonchev–Trinajstić information content (AvgIpc) is 3.54. The molecule has 2 N–H and O–H groups in total. The zero-order chi connectivity index (χ0) is 32.7. The topological polar surface area (TPSA) is 105 Å². The van der Waals surface area contributed by atoms with Crippen LogP contribution in [0.4, 0.5) is 23.2 Å². The molecular weight excluding hydrogens is 592 g/mol. The molecule has 0 spiro atoms. The van der Waals surface area contributed by atoms with Gasteiger partial charge in [-0.25, -0.2) is 17.6 Å². The van der Waals surface area contributed by atoms with Crippen molar-refractivity contribution in [3.63, 3.8) is 0 Å². The number of amides is 3. The lowest BCUT2D eigenvalue weighted by atomic mass is 9.66. The number of benzene rings is 1. The van der Waals surface area contributed by atoms with E-state index in [0.29, 0.717) is 17.0 Å². The molecule has 1 aromatic carbocycles. The van der Waals surface area contributed by atoms with Crippen LogP contribution in [0.2, 0.25) is 0 Å². The molecule has 3 amide bonds. The number of nitrogens with zero attached hydrogens (tertiary/aromatic N) is 2. The van der Waals surface area contributed by atoms with E-state index < -0.39 is 48.2 Å². The van der Waals surface area contributed by atoms with Crippen LogP contribution in [0.5, 0.6) is 0 Å². The number of alkyl halides is 3. The predicted octanol–water partition coefficient (Wildman–Crippen LogP) is 7.01. The number of rotatable bonds is 12. The van der Waals surface area contributed by atoms with Gasteiger partial charge in [-0.15, -0.1) is 0 Å². The first-order valence-electron chi connectivity index (χ1n) is 16.1. The molecule has 2 aliphatic rings. The molecule has 0 bridgehead atoms. The number of nitrogens with one attached hydrogen (secondary N) is 2. The average molecular weight is 637 g/mol. The van der Waals surface area contributed by atoms with Crippen LogP contribution in [0, 0.1) is 23.6 Å². The summed E-state index contributed by atoms with van der Waals surface area (Å²) in [6.07, 6.45) is 5.79. The van der Waals surface area contributed by atoms with Crippen molar-refractivity contribution in [2.45, 2.75) is 109 Å². The van der Waals surface area contributed by atoms with Crippen LogP contribution < -0.4 is 10.6 Å². The maximum atomic E-state index is 15.4. The van der Waals surface area contributed by atoms with Crippen LogP contribution in [0.15, 0.2) is 29.0 Å². The second-order valence-electron chi connectivity index (χ2n) is 12.5. The second kappa shape index (κ2) is 15.7. The molecule has 1 heterocycles. The molecular formula is C33H44F4N4O4. The van der Waals surface area contributed by atoms with Gasteiger partial charge in [-0.05, 0) is 48.8 Å². The minimum Gasteiger partial charge on any atom is -0.364 e. The number of carbonyl (C=O) groups is 3. The summed E-state index contributed by atoms with van der Waals surface area (Å²) in [6.45, 7) is 3.21. The SMILES string of the molecule is CCc1nocc1C(=O)NC(C(=O)Nc1ccc(C(C)C(=O)N(C)C(F)C(F)F)cc1F)C(C1CCCCC1)C1CCCCC1. The Bertz CT molecular complexity index is 1290. The van der Waals surface area contributed by atoms with E-state index in [1.54, 1.807) is 0 Å². The molecule has 3 atom stereocenters. The summed E-state index contributed by atoms with van der Waals surface area (Å²) in [6, 6.07) is 2.76. The van der Waals surface area contributed by atoms with E-state index >= 15 is 4.39 Å². The van der Waals surface area contributed by atoms with Crippen LogP contribution in [0.1, 0.15) is 106 Å². The smallest absolute Gasteiger partial charge is 0.287 e. The van der Waals surface area contributed by atoms with Gasteiger partial charge in [0.2, 0.25) is 18.1 Å². The third-order valence-corrected chi connectivity index (χ3v) is 9.61. The standard InChI is InChI=1S/C33H44F4N4O4/c1-4-25-23(18-45-40-25)31(42)39-28(27(20-11-7-5-8-12-20)21-13-9-6-10-14-21)32(43)38-26-16-15-22(17-24(26)34)19(2)33(44)41(3)30(37)29(35)36/h15-21,27-30H,4-14H2,1-3H3,(H,38,43)(H,39,42). The van der Waals surface area contributed by atoms with Gasteiger partial charge in [-0.3, -0.25) is 14.4 Å². The van der Waals surface area contributed by atoms with Gasteiger partial charge in [0.25, 0.3) is 12.3 Å². The van der Waals surface area contributed by atoms with Crippen molar-refractivity contribution in [3.05, 3.63) is 47.1 Å². The lowest BCUT2D eigenvalue weighted by molar-refractivity contribution is -0.143. The first-order valence-corrected chi connectivity index (χ1v) is 16.1. The quantitative estimate of drug-likeness (QED) is 0.193. The second-order valence-corrected chi connectivity index (χ2v) is 12.5. The van der Waals surface area contributed by atoms with Gasteiger partial charge < -0.3 is 20.1 Å². The van der Waals surface area contributed by atoms with Crippen LogP contribution in [-0.2, 0) is 16.0 Å². The van der Waals surface area contributed by atoms with Crippen molar-refractivity contribution in [1.29, 1.82) is 0 Å². The Labute approximate surface area is 261 Å². The number of carbonyl (C=O) groups excluding carboxylic acids is 3. The molecule has 2 aromatic rings. The molecule has 45 heavy (non-hydrogen) atoms. The summed E-state index contributed by atoms with van der Waals surface area (Å²) in [5.41, 5.74) is 0.706. The number of halogens is 4. The summed E-state index contributed by atoms with van der Waals surface area (Å²) in [4.78, 5) is 40.5. The molecule has 4 rings (SSSR count). The molecule has 1 aromatic heterocycles. The van der Waals surface area contributed by atoms with Crippen LogP contribution in [0.3, 0.4) is 0 Å². The minimum absolute atomic E-state index is 0.135. The number of aryl methyl sites for hydroxylation is 1. The highest BCUT2D eigenvalue weighted by atomic mass is 19.3. The Morgan fingerprint density at radius 2 is 1.60 bits per heavy atom. The fourth-order valence-electron chi connectivity index (χ4n) is 7.07. The summed E-state index contributed by atoms with van der Waals surface area (Å²) in [5, 5.41) is 9.57. The largest absolute Gasteiger partial charge is 0.364 e. The van der Waals surface area contributed by atoms with Crippen molar-refractivity contribution in [2.75, 3.05) is 12.4 Å². The van der Waals surface area contributed by atoms with Crippen molar-refractivity contribution in [2.24, 2.45) is 17.8 Å². The normalized spacial score (nSPS) is 18.4. The summed E-state index contributed by atoms with van der Waals surface area (Å²) in [5.74, 6) is -3.65. The van der Waals surface area contributed by atoms with Crippen LogP contribution in [-0.4, -0.2) is 53.6 Å². The van der Waals surface area contributed by atoms with Crippen LogP contribution in [0.25, 0.3) is 0 Å². The van der Waals surface area contributed by atoms with E-state index in [1.807, 2.05) is 6.92 Å². The third-order valence-electron chi connectivity index (χ3n) is 9.61. The molecule has 0 radical (unpaired) electrons. The van der Waals surface area contributed by atoms with Crippen molar-refractivity contribution in [3.8, 4) is 0 Å². The van der Waals surface area contributed by atoms with E-state index in [0.717, 1.165) is 77.3 Å². The maximum Gasteiger partial charge on any atom is 0.287 e. The predicted molar refractivity (Wildman–Crippen MR) is 161 cm³/mol. The molecule has 0 aliphatic heterocycles. The van der Waals surface area contributed by atoms with E-state index in [1.165, 1.54) is 25.3 Å². The van der Waals surface area contributed by atoms with E-state index in [4.69, 9.17) is 4.52 Å². The Kier molecular flexibility index (Phi) is 12.0. The Morgan fingerprint density at radius 3 is 2.13 bits per heavy atom. The number of hydrogen-bond acceptors (Lipinski definition) is 5. The molecule has 2 aliphatic carbocycles. The molecule has 2 fully saturated rings. The summed E-state index contributed by atoms with van der Waals surface area (Å²) in [7, 11) is 0.924. The molecule has 248 valence electrons. The van der Waals surface area contributed by atoms with E-state index in [9.17, 15) is 27.6 Å². The van der Waals surface area contributed by atoms with Gasteiger partial charge >= 0.3 is 0 Å². The fourth-order valence-corrected chi connectivity index (χ4v) is 7.07. The van der Waals surface area contributed by atoms with E-state index in [-0.39, 0.29) is 34.6 Å². The number of aromatic nitrogens is 1. The summed E-state index contributed by atoms with van der Waals surface area (Å²) < 4.78 is 59.8. The number of anilines is 1. The summed E-state index contributed by atoms with van der Waals surface area (Å²) >= 11 is 0. The van der Waals surface area contributed by atoms with Crippen LogP contribution >= 0.6 is 0 Å². The van der Waals surface area contributed by atoms with Gasteiger partial charge in [-0.2, -0.15) is 0 Å². The molecule has 8 nitrogen and oxygen atoms in total. The van der Waals surface area contributed by atoms with Crippen molar-refractivity contribution < 1.29 is 36.5 Å². The Balaban J connectivity index is 1.61. The van der Waals surface area contributed by atoms with Crippen molar-refractivity contribution in [1.82, 2.24) is 15.4 Å². The van der Waals surface area contributed by atoms with Gasteiger partial charge in [0.15, 0.2) is 0 Å². The van der Waals surface area contributed by atoms with Gasteiger partial charge in [0, 0.05) is 7.05 Å². The Hall–Kier alpha value is -3.44. The van der Waals surface area contributed by atoms with Gasteiger partial charge in [0.05, 0.1) is 17.3 Å². The zero-order valence-corrected chi connectivity index (χ0v) is 26.2. The monoisotopic (exact) mass is 636 g/mol. The highest BCUT2D eigenvalue weighted by Gasteiger charge is 2.42. The molecule has 2 saturated carbocycles. The zero-order valence-electron chi connectivity index (χ0n) is 26.2. The highest BCUT2D eigenvalue weighted by Crippen LogP contribution is 2.42. The number of hydrogen-bond donors (Lipinski definition) is 2. The lowest BCUT2D eigenvalue weighted by Crippen LogP contribution is -2.53. The fraction of sp³-hybridized carbons (Fsp3) is 0.636. The number of likely N-dealkylation sites (N-methyl/N-ethyl adjacent to an activating group) is 1. The maximum absolute atomic E-state index is 15.4. The van der Waals surface area contributed by atoms with E-state index in [2.05, 4.69) is 15.8 Å². The first kappa shape index (κ1) is 34.4. The first-order chi connectivity index (χ1) is 21.5. The Morgan fingerprint density at radius 1 is 1.00 bits per heavy atom. The highest BCUT2D eigenvalue weighted by molar-refractivity contribution is 6.01. The van der Waals surface area contributed by atoms with Crippen molar-refractivity contribution >= 4 is 23.4 Å². The molecule has 0 saturated heterocycles. The van der Waals surface area contributed by atoms with Gasteiger partial charge in [0.1, 0.15) is 23.7 Å². The molecule has 3 unspecified atom stereocenters. The third kappa shape index (κ3) is 8.24. The minimum atomic E-state index is -3.38.